The number of carbonyl (C=O) groups excluding carboxylic acids is 3. The minimum absolute atomic E-state index is 0.360. The standard InChI is InChI=1S/C16H19NO4/c1-9-6-7-13-12(8-9)17(14(10(2)18)11(3)19)15(20)16(4,5)21-13/h6-8,14H,1-5H3. The topological polar surface area (TPSA) is 63.7 Å². The molecule has 0 aromatic heterocycles. The molecule has 1 aromatic carbocycles. The lowest BCUT2D eigenvalue weighted by atomic mass is 9.98. The summed E-state index contributed by atoms with van der Waals surface area (Å²) in [4.78, 5) is 37.7. The van der Waals surface area contributed by atoms with Crippen molar-refractivity contribution in [1.82, 2.24) is 0 Å². The lowest BCUT2D eigenvalue weighted by Gasteiger charge is -2.41. The molecule has 112 valence electrons. The Morgan fingerprint density at radius 1 is 1.19 bits per heavy atom. The van der Waals surface area contributed by atoms with Crippen molar-refractivity contribution in [2.24, 2.45) is 0 Å². The second-order valence-corrected chi connectivity index (χ2v) is 5.88. The van der Waals surface area contributed by atoms with Crippen LogP contribution in [0.5, 0.6) is 5.75 Å². The fourth-order valence-electron chi connectivity index (χ4n) is 2.53. The highest BCUT2D eigenvalue weighted by molar-refractivity contribution is 6.16. The molecule has 0 aliphatic carbocycles. The Labute approximate surface area is 123 Å². The number of carbonyl (C=O) groups is 3. The first-order valence-electron chi connectivity index (χ1n) is 6.79. The maximum absolute atomic E-state index is 12.7. The van der Waals surface area contributed by atoms with Gasteiger partial charge in [-0.3, -0.25) is 19.3 Å². The molecule has 0 N–H and O–H groups in total. The zero-order chi connectivity index (χ0) is 15.9. The van der Waals surface area contributed by atoms with Crippen molar-refractivity contribution in [1.29, 1.82) is 0 Å². The Morgan fingerprint density at radius 3 is 2.29 bits per heavy atom. The molecule has 0 unspecified atom stereocenters. The number of fused-ring (bicyclic) bond motifs is 1. The molecule has 5 nitrogen and oxygen atoms in total. The molecule has 1 amide bonds. The van der Waals surface area contributed by atoms with Crippen molar-refractivity contribution in [3.63, 3.8) is 0 Å². The largest absolute Gasteiger partial charge is 0.476 e. The third kappa shape index (κ3) is 2.55. The zero-order valence-corrected chi connectivity index (χ0v) is 12.9. The maximum atomic E-state index is 12.7. The van der Waals surface area contributed by atoms with Crippen LogP contribution in [0.25, 0.3) is 0 Å². The van der Waals surface area contributed by atoms with E-state index in [2.05, 4.69) is 0 Å². The van der Waals surface area contributed by atoms with Crippen LogP contribution in [0.2, 0.25) is 0 Å². The second-order valence-electron chi connectivity index (χ2n) is 5.88. The van der Waals surface area contributed by atoms with E-state index in [0.717, 1.165) is 5.56 Å². The molecule has 0 spiro atoms. The van der Waals surface area contributed by atoms with Gasteiger partial charge in [-0.2, -0.15) is 0 Å². The number of rotatable bonds is 3. The van der Waals surface area contributed by atoms with Crippen LogP contribution in [0.4, 0.5) is 5.69 Å². The summed E-state index contributed by atoms with van der Waals surface area (Å²) in [5.41, 5.74) is 0.265. The summed E-state index contributed by atoms with van der Waals surface area (Å²) in [7, 11) is 0. The first-order valence-corrected chi connectivity index (χ1v) is 6.79. The molecular weight excluding hydrogens is 270 g/mol. The smallest absolute Gasteiger partial charge is 0.271 e. The third-order valence-corrected chi connectivity index (χ3v) is 3.50. The Hall–Kier alpha value is -2.17. The van der Waals surface area contributed by atoms with Crippen molar-refractivity contribution in [3.05, 3.63) is 23.8 Å². The summed E-state index contributed by atoms with van der Waals surface area (Å²) in [6, 6.07) is 4.26. The number of hydrogen-bond acceptors (Lipinski definition) is 4. The first-order chi connectivity index (χ1) is 9.65. The molecule has 2 rings (SSSR count). The van der Waals surface area contributed by atoms with E-state index in [1.54, 1.807) is 26.0 Å². The molecule has 0 radical (unpaired) electrons. The summed E-state index contributed by atoms with van der Waals surface area (Å²) in [5.74, 6) is -0.615. The maximum Gasteiger partial charge on any atom is 0.271 e. The monoisotopic (exact) mass is 289 g/mol. The van der Waals surface area contributed by atoms with Crippen LogP contribution in [-0.4, -0.2) is 29.1 Å². The Balaban J connectivity index is 2.67. The van der Waals surface area contributed by atoms with E-state index in [1.165, 1.54) is 18.7 Å². The normalized spacial score (nSPS) is 16.5. The van der Waals surface area contributed by atoms with E-state index >= 15 is 0 Å². The van der Waals surface area contributed by atoms with Crippen LogP contribution in [0.1, 0.15) is 33.3 Å². The van der Waals surface area contributed by atoms with Crippen LogP contribution in [0.15, 0.2) is 18.2 Å². The van der Waals surface area contributed by atoms with Gasteiger partial charge in [-0.1, -0.05) is 6.07 Å². The summed E-state index contributed by atoms with van der Waals surface area (Å²) in [5, 5.41) is 0. The van der Waals surface area contributed by atoms with Gasteiger partial charge in [0.2, 0.25) is 0 Å². The fourth-order valence-corrected chi connectivity index (χ4v) is 2.53. The number of ether oxygens (including phenoxy) is 1. The van der Waals surface area contributed by atoms with Crippen molar-refractivity contribution >= 4 is 23.2 Å². The van der Waals surface area contributed by atoms with Crippen molar-refractivity contribution in [3.8, 4) is 5.75 Å². The number of Topliss-reactive ketones (excluding diaryl/α,β-unsaturated/α-hetero) is 2. The molecule has 21 heavy (non-hydrogen) atoms. The van der Waals surface area contributed by atoms with Gasteiger partial charge in [0, 0.05) is 0 Å². The van der Waals surface area contributed by atoms with Gasteiger partial charge in [-0.25, -0.2) is 0 Å². The summed E-state index contributed by atoms with van der Waals surface area (Å²) < 4.78 is 5.71. The molecule has 1 aliphatic heterocycles. The minimum Gasteiger partial charge on any atom is -0.476 e. The van der Waals surface area contributed by atoms with Crippen molar-refractivity contribution in [2.45, 2.75) is 46.3 Å². The van der Waals surface area contributed by atoms with Gasteiger partial charge < -0.3 is 4.74 Å². The van der Waals surface area contributed by atoms with E-state index in [1.807, 2.05) is 13.0 Å². The van der Waals surface area contributed by atoms with E-state index in [-0.39, 0.29) is 11.6 Å². The Kier molecular flexibility index (Phi) is 3.61. The second kappa shape index (κ2) is 4.98. The highest BCUT2D eigenvalue weighted by Crippen LogP contribution is 2.39. The molecule has 1 heterocycles. The van der Waals surface area contributed by atoms with E-state index in [9.17, 15) is 14.4 Å². The molecular formula is C16H19NO4. The summed E-state index contributed by atoms with van der Waals surface area (Å²) >= 11 is 0. The van der Waals surface area contributed by atoms with Gasteiger partial charge in [0.15, 0.2) is 23.2 Å². The first kappa shape index (κ1) is 15.2. The predicted octanol–water partition coefficient (Wildman–Crippen LogP) is 2.05. The number of aryl methyl sites for hydroxylation is 1. The lowest BCUT2D eigenvalue weighted by Crippen LogP contribution is -2.59. The Morgan fingerprint density at radius 2 is 1.76 bits per heavy atom. The molecule has 1 aromatic rings. The minimum atomic E-state index is -1.12. The molecule has 0 atom stereocenters. The fraction of sp³-hybridized carbons (Fsp3) is 0.438. The van der Waals surface area contributed by atoms with Crippen molar-refractivity contribution < 1.29 is 19.1 Å². The van der Waals surface area contributed by atoms with E-state index in [4.69, 9.17) is 4.74 Å². The highest BCUT2D eigenvalue weighted by Gasteiger charge is 2.46. The number of amides is 1. The molecule has 5 heteroatoms. The molecule has 0 saturated carbocycles. The number of nitrogens with zero attached hydrogens (tertiary/aromatic N) is 1. The zero-order valence-electron chi connectivity index (χ0n) is 12.9. The van der Waals surface area contributed by atoms with Gasteiger partial charge in [0.05, 0.1) is 5.69 Å². The van der Waals surface area contributed by atoms with Gasteiger partial charge in [0.25, 0.3) is 5.91 Å². The lowest BCUT2D eigenvalue weighted by molar-refractivity contribution is -0.137. The average Bonchev–Trinajstić information content (AvgIpc) is 2.34. The van der Waals surface area contributed by atoms with Crippen LogP contribution < -0.4 is 9.64 Å². The number of hydrogen-bond donors (Lipinski definition) is 0. The van der Waals surface area contributed by atoms with Gasteiger partial charge in [-0.05, 0) is 52.3 Å². The van der Waals surface area contributed by atoms with Crippen LogP contribution >= 0.6 is 0 Å². The van der Waals surface area contributed by atoms with Crippen LogP contribution in [0.3, 0.4) is 0 Å². The van der Waals surface area contributed by atoms with Gasteiger partial charge >= 0.3 is 0 Å². The molecule has 0 fully saturated rings. The highest BCUT2D eigenvalue weighted by atomic mass is 16.5. The SMILES string of the molecule is CC(=O)C(C(C)=O)N1C(=O)C(C)(C)Oc2ccc(C)cc21. The third-order valence-electron chi connectivity index (χ3n) is 3.50. The number of benzene rings is 1. The molecule has 0 saturated heterocycles. The predicted molar refractivity (Wildman–Crippen MR) is 78.5 cm³/mol. The Bertz CT molecular complexity index is 619. The summed E-state index contributed by atoms with van der Waals surface area (Å²) in [6.45, 7) is 7.76. The van der Waals surface area contributed by atoms with Crippen LogP contribution in [0, 0.1) is 6.92 Å². The van der Waals surface area contributed by atoms with Gasteiger partial charge in [-0.15, -0.1) is 0 Å². The van der Waals surface area contributed by atoms with Crippen molar-refractivity contribution in [2.75, 3.05) is 4.90 Å². The molecule has 1 aliphatic rings. The van der Waals surface area contributed by atoms with Crippen LogP contribution in [-0.2, 0) is 14.4 Å². The average molecular weight is 289 g/mol. The van der Waals surface area contributed by atoms with E-state index in [0.29, 0.717) is 11.4 Å². The number of anilines is 1. The van der Waals surface area contributed by atoms with E-state index < -0.39 is 17.6 Å². The summed E-state index contributed by atoms with van der Waals surface area (Å²) in [6.07, 6.45) is 0. The molecule has 0 bridgehead atoms. The number of ketones is 2. The quantitative estimate of drug-likeness (QED) is 0.799. The van der Waals surface area contributed by atoms with Gasteiger partial charge in [0.1, 0.15) is 5.75 Å².